The van der Waals surface area contributed by atoms with Gasteiger partial charge in [-0.15, -0.1) is 0 Å². The molecule has 200 valence electrons. The molecular weight excluding hydrogens is 472 g/mol. The zero-order valence-corrected chi connectivity index (χ0v) is 21.8. The molecular formula is C26H38N8O3. The highest BCUT2D eigenvalue weighted by Crippen LogP contribution is 2.18. The van der Waals surface area contributed by atoms with E-state index >= 15 is 0 Å². The van der Waals surface area contributed by atoms with Crippen LogP contribution in [0.4, 0.5) is 5.82 Å². The quantitative estimate of drug-likeness (QED) is 0.475. The van der Waals surface area contributed by atoms with Crippen molar-refractivity contribution in [3.63, 3.8) is 0 Å². The Morgan fingerprint density at radius 1 is 1.14 bits per heavy atom. The largest absolute Gasteiger partial charge is 0.402 e. The van der Waals surface area contributed by atoms with Crippen LogP contribution in [-0.4, -0.2) is 76.5 Å². The summed E-state index contributed by atoms with van der Waals surface area (Å²) in [6, 6.07) is 9.86. The molecule has 3 heterocycles. The molecule has 4 rings (SSSR count). The lowest BCUT2D eigenvalue weighted by Crippen LogP contribution is -2.57. The second-order valence-electron chi connectivity index (χ2n) is 10.0. The van der Waals surface area contributed by atoms with Crippen molar-refractivity contribution in [2.24, 2.45) is 23.1 Å². The molecule has 0 saturated carbocycles. The first kappa shape index (κ1) is 27.9. The maximum Gasteiger partial charge on any atom is 0.354 e. The summed E-state index contributed by atoms with van der Waals surface area (Å²) < 4.78 is 1.55. The molecule has 37 heavy (non-hydrogen) atoms. The van der Waals surface area contributed by atoms with Crippen LogP contribution in [0.2, 0.25) is 0 Å². The molecule has 2 amide bonds. The Bertz CT molecular complexity index is 1160. The van der Waals surface area contributed by atoms with Crippen LogP contribution < -0.4 is 27.8 Å². The Kier molecular flexibility index (Phi) is 9.06. The highest BCUT2D eigenvalue weighted by molar-refractivity contribution is 5.85. The van der Waals surface area contributed by atoms with E-state index in [4.69, 9.17) is 16.3 Å². The third kappa shape index (κ3) is 7.17. The predicted molar refractivity (Wildman–Crippen MR) is 144 cm³/mol. The molecule has 0 bridgehead atoms. The van der Waals surface area contributed by atoms with Gasteiger partial charge < -0.3 is 27.0 Å². The summed E-state index contributed by atoms with van der Waals surface area (Å²) in [6.45, 7) is 10.6. The second kappa shape index (κ2) is 12.0. The smallest absolute Gasteiger partial charge is 0.354 e. The molecule has 6 N–H and O–H groups in total. The van der Waals surface area contributed by atoms with Gasteiger partial charge in [-0.05, 0) is 37.6 Å². The number of hydrogen-bond acceptors (Lipinski definition) is 8. The number of amides is 2. The van der Waals surface area contributed by atoms with Gasteiger partial charge in [0.2, 0.25) is 12.3 Å². The van der Waals surface area contributed by atoms with Crippen molar-refractivity contribution in [1.29, 1.82) is 0 Å². The zero-order chi connectivity index (χ0) is 27.2. The van der Waals surface area contributed by atoms with Gasteiger partial charge in [-0.25, -0.2) is 4.79 Å². The molecule has 2 aliphatic rings. The topological polar surface area (TPSA) is 157 Å². The second-order valence-corrected chi connectivity index (χ2v) is 10.0. The van der Waals surface area contributed by atoms with Gasteiger partial charge >= 0.3 is 5.69 Å². The van der Waals surface area contributed by atoms with Gasteiger partial charge in [0.15, 0.2) is 0 Å². The molecule has 0 radical (unpaired) electrons. The van der Waals surface area contributed by atoms with Gasteiger partial charge in [-0.2, -0.15) is 4.98 Å². The number of nitrogens with zero attached hydrogens (tertiary/aromatic N) is 5. The van der Waals surface area contributed by atoms with E-state index in [2.05, 4.69) is 40.8 Å². The number of benzene rings is 1. The Morgan fingerprint density at radius 3 is 2.30 bits per heavy atom. The van der Waals surface area contributed by atoms with Crippen molar-refractivity contribution in [2.45, 2.75) is 32.9 Å². The van der Waals surface area contributed by atoms with Crippen LogP contribution in [0.3, 0.4) is 0 Å². The summed E-state index contributed by atoms with van der Waals surface area (Å²) in [5.41, 5.74) is 17.8. The van der Waals surface area contributed by atoms with Gasteiger partial charge in [0, 0.05) is 63.6 Å². The fourth-order valence-corrected chi connectivity index (χ4v) is 4.47. The van der Waals surface area contributed by atoms with Crippen molar-refractivity contribution < 1.29 is 9.59 Å². The number of nitrogens with two attached hydrogens (primary N) is 3. The molecule has 0 aliphatic carbocycles. The first-order valence-corrected chi connectivity index (χ1v) is 12.4. The van der Waals surface area contributed by atoms with Crippen LogP contribution in [-0.2, 0) is 16.1 Å². The van der Waals surface area contributed by atoms with Crippen molar-refractivity contribution in [1.82, 2.24) is 19.4 Å². The Labute approximate surface area is 217 Å². The molecule has 2 aromatic rings. The lowest BCUT2D eigenvalue weighted by Gasteiger charge is -2.37. The van der Waals surface area contributed by atoms with Crippen molar-refractivity contribution in [3.8, 4) is 5.69 Å². The van der Waals surface area contributed by atoms with E-state index in [0.717, 1.165) is 31.0 Å². The molecule has 1 unspecified atom stereocenters. The SMILES string of the molecule is CC1CN(Cc2ccc(-n3ccc(N4CCN(C(=O)C(C)(C)N)CC4)nc3=O)cc2)CC=C1N.NC=O. The van der Waals surface area contributed by atoms with Gasteiger partial charge in [0.1, 0.15) is 5.82 Å². The van der Waals surface area contributed by atoms with Crippen LogP contribution in [0, 0.1) is 5.92 Å². The average Bonchev–Trinajstić information content (AvgIpc) is 2.86. The van der Waals surface area contributed by atoms with Crippen molar-refractivity contribution in [3.05, 3.63) is 64.3 Å². The van der Waals surface area contributed by atoms with E-state index in [-0.39, 0.29) is 18.0 Å². The number of primary amides is 1. The highest BCUT2D eigenvalue weighted by atomic mass is 16.2. The predicted octanol–water partition coefficient (Wildman–Crippen LogP) is 0.0142. The van der Waals surface area contributed by atoms with Gasteiger partial charge in [-0.1, -0.05) is 25.1 Å². The third-order valence-corrected chi connectivity index (χ3v) is 6.54. The zero-order valence-electron chi connectivity index (χ0n) is 21.8. The van der Waals surface area contributed by atoms with E-state index in [1.165, 1.54) is 5.56 Å². The number of rotatable bonds is 5. The summed E-state index contributed by atoms with van der Waals surface area (Å²) in [6.07, 6.45) is 4.10. The summed E-state index contributed by atoms with van der Waals surface area (Å²) in [5.74, 6) is 0.935. The Morgan fingerprint density at radius 2 is 1.76 bits per heavy atom. The maximum absolute atomic E-state index is 12.8. The van der Waals surface area contributed by atoms with E-state index in [1.54, 1.807) is 29.5 Å². The summed E-state index contributed by atoms with van der Waals surface area (Å²) in [7, 11) is 0. The van der Waals surface area contributed by atoms with Crippen LogP contribution in [0.1, 0.15) is 26.3 Å². The monoisotopic (exact) mass is 510 g/mol. The third-order valence-electron chi connectivity index (χ3n) is 6.54. The minimum Gasteiger partial charge on any atom is -0.402 e. The minimum atomic E-state index is -0.881. The molecule has 0 spiro atoms. The number of carbonyl (C=O) groups excluding carboxylic acids is 2. The average molecular weight is 511 g/mol. The van der Waals surface area contributed by atoms with Gasteiger partial charge in [0.05, 0.1) is 11.2 Å². The number of hydrogen-bond donors (Lipinski definition) is 3. The lowest BCUT2D eigenvalue weighted by molar-refractivity contribution is -0.136. The van der Waals surface area contributed by atoms with E-state index in [1.807, 2.05) is 23.1 Å². The number of carbonyl (C=O) groups is 2. The molecule has 1 saturated heterocycles. The molecule has 1 atom stereocenters. The number of aromatic nitrogens is 2. The maximum atomic E-state index is 12.8. The normalized spacial score (nSPS) is 18.5. The van der Waals surface area contributed by atoms with Crippen LogP contribution in [0.5, 0.6) is 0 Å². The molecule has 1 fully saturated rings. The molecule has 11 heteroatoms. The van der Waals surface area contributed by atoms with Crippen molar-refractivity contribution in [2.75, 3.05) is 44.2 Å². The summed E-state index contributed by atoms with van der Waals surface area (Å²) >= 11 is 0. The fourth-order valence-electron chi connectivity index (χ4n) is 4.47. The van der Waals surface area contributed by atoms with Gasteiger partial charge in [-0.3, -0.25) is 19.1 Å². The fraction of sp³-hybridized carbons (Fsp3) is 0.462. The van der Waals surface area contributed by atoms with E-state index < -0.39 is 5.54 Å². The van der Waals surface area contributed by atoms with Crippen LogP contribution in [0.15, 0.2) is 53.1 Å². The lowest BCUT2D eigenvalue weighted by atomic mass is 10.0. The van der Waals surface area contributed by atoms with Crippen molar-refractivity contribution >= 4 is 18.1 Å². The van der Waals surface area contributed by atoms with Gasteiger partial charge in [0.25, 0.3) is 0 Å². The highest BCUT2D eigenvalue weighted by Gasteiger charge is 2.30. The van der Waals surface area contributed by atoms with Crippen LogP contribution in [0.25, 0.3) is 5.69 Å². The molecule has 2 aliphatic heterocycles. The first-order valence-electron chi connectivity index (χ1n) is 12.4. The number of piperazine rings is 1. The minimum absolute atomic E-state index is 0.0608. The standard InChI is InChI=1S/C25H35N7O2.CH3NO/c1-18-16-29(10-8-21(18)26)17-19-4-6-20(7-5-19)32-11-9-22(28-24(32)34)30-12-14-31(15-13-30)23(33)25(2,3)27;2-1-3/h4-9,11,18H,10,12-17,26-27H2,1-3H3;1H,(H2,2,3). The van der Waals surface area contributed by atoms with Crippen LogP contribution >= 0.6 is 0 Å². The van der Waals surface area contributed by atoms with E-state index in [9.17, 15) is 9.59 Å². The Hall–Kier alpha value is -3.70. The first-order chi connectivity index (χ1) is 17.5. The Balaban J connectivity index is 0.00000121. The van der Waals surface area contributed by atoms with E-state index in [0.29, 0.717) is 37.9 Å². The summed E-state index contributed by atoms with van der Waals surface area (Å²) in [4.78, 5) is 44.2. The molecule has 11 nitrogen and oxygen atoms in total. The molecule has 1 aromatic heterocycles. The summed E-state index contributed by atoms with van der Waals surface area (Å²) in [5, 5.41) is 0. The number of anilines is 1. The molecule has 1 aromatic carbocycles.